The van der Waals surface area contributed by atoms with Crippen molar-refractivity contribution >= 4 is 55.1 Å². The van der Waals surface area contributed by atoms with Crippen LogP contribution in [0.3, 0.4) is 0 Å². The molecule has 0 amide bonds. The zero-order valence-corrected chi connectivity index (χ0v) is 19.4. The highest BCUT2D eigenvalue weighted by molar-refractivity contribution is 9.10. The van der Waals surface area contributed by atoms with Crippen molar-refractivity contribution in [3.8, 4) is 17.6 Å². The Labute approximate surface area is 191 Å². The zero-order chi connectivity index (χ0) is 20.8. The third-order valence-electron chi connectivity index (χ3n) is 4.15. The van der Waals surface area contributed by atoms with Gasteiger partial charge < -0.3 is 9.47 Å². The molecule has 0 aliphatic heterocycles. The van der Waals surface area contributed by atoms with E-state index in [0.717, 1.165) is 25.6 Å². The number of methoxy groups -OCH3 is 1. The van der Waals surface area contributed by atoms with E-state index in [1.807, 2.05) is 66.7 Å². The van der Waals surface area contributed by atoms with Crippen LogP contribution in [0.2, 0.25) is 5.02 Å². The van der Waals surface area contributed by atoms with Gasteiger partial charge in [0.25, 0.3) is 0 Å². The lowest BCUT2D eigenvalue weighted by Gasteiger charge is -2.13. The molecule has 3 aromatic carbocycles. The number of allylic oxidation sites excluding steroid dienone is 1. The molecule has 3 rings (SSSR count). The van der Waals surface area contributed by atoms with Gasteiger partial charge in [-0.3, -0.25) is 0 Å². The van der Waals surface area contributed by atoms with Crippen LogP contribution >= 0.6 is 43.5 Å². The van der Waals surface area contributed by atoms with Gasteiger partial charge in [-0.05, 0) is 59.2 Å². The van der Waals surface area contributed by atoms with E-state index in [4.69, 9.17) is 21.1 Å². The number of hydrogen-bond acceptors (Lipinski definition) is 3. The second-order valence-corrected chi connectivity index (χ2v) is 8.33. The van der Waals surface area contributed by atoms with Crippen molar-refractivity contribution in [2.75, 3.05) is 7.11 Å². The van der Waals surface area contributed by atoms with Gasteiger partial charge in [0, 0.05) is 14.0 Å². The van der Waals surface area contributed by atoms with E-state index in [-0.39, 0.29) is 0 Å². The minimum absolute atomic E-state index is 0.386. The van der Waals surface area contributed by atoms with E-state index < -0.39 is 0 Å². The summed E-state index contributed by atoms with van der Waals surface area (Å²) in [6, 6.07) is 21.1. The van der Waals surface area contributed by atoms with E-state index in [2.05, 4.69) is 37.9 Å². The molecule has 0 aliphatic rings. The van der Waals surface area contributed by atoms with Crippen molar-refractivity contribution < 1.29 is 9.47 Å². The number of nitriles is 1. The van der Waals surface area contributed by atoms with Crippen molar-refractivity contribution in [3.63, 3.8) is 0 Å². The molecule has 0 saturated heterocycles. The van der Waals surface area contributed by atoms with Crippen LogP contribution in [-0.2, 0) is 6.61 Å². The summed E-state index contributed by atoms with van der Waals surface area (Å²) in [5, 5.41) is 10.3. The number of rotatable bonds is 6. The first-order valence-corrected chi connectivity index (χ1v) is 10.6. The topological polar surface area (TPSA) is 42.2 Å². The molecule has 0 N–H and O–H groups in total. The molecular weight excluding hydrogens is 518 g/mol. The van der Waals surface area contributed by atoms with Crippen molar-refractivity contribution in [2.45, 2.75) is 6.61 Å². The average molecular weight is 534 g/mol. The molecule has 3 nitrogen and oxygen atoms in total. The third-order valence-corrected chi connectivity index (χ3v) is 5.58. The second kappa shape index (κ2) is 9.98. The summed E-state index contributed by atoms with van der Waals surface area (Å²) in [4.78, 5) is 0. The fraction of sp³-hybridized carbons (Fsp3) is 0.0870. The summed E-state index contributed by atoms with van der Waals surface area (Å²) in [5.74, 6) is 1.19. The largest absolute Gasteiger partial charge is 0.493 e. The van der Waals surface area contributed by atoms with Crippen LogP contribution in [0.1, 0.15) is 16.7 Å². The lowest BCUT2D eigenvalue weighted by atomic mass is 10.0. The minimum atomic E-state index is 0.386. The van der Waals surface area contributed by atoms with E-state index in [0.29, 0.717) is 28.7 Å². The van der Waals surface area contributed by atoms with Gasteiger partial charge in [-0.15, -0.1) is 0 Å². The molecule has 3 aromatic rings. The molecule has 0 unspecified atom stereocenters. The molecule has 0 saturated carbocycles. The Kier molecular flexibility index (Phi) is 7.38. The number of nitrogens with zero attached hydrogens (tertiary/aromatic N) is 1. The fourth-order valence-electron chi connectivity index (χ4n) is 2.67. The smallest absolute Gasteiger partial charge is 0.162 e. The summed E-state index contributed by atoms with van der Waals surface area (Å²) >= 11 is 12.9. The quantitative estimate of drug-likeness (QED) is 0.243. The summed E-state index contributed by atoms with van der Waals surface area (Å²) in [6.07, 6.45) is 1.82. The first-order chi connectivity index (χ1) is 14.0. The number of ether oxygens (including phenoxy) is 2. The zero-order valence-electron chi connectivity index (χ0n) is 15.5. The highest BCUT2D eigenvalue weighted by atomic mass is 79.9. The Morgan fingerprint density at radius 1 is 1.07 bits per heavy atom. The molecule has 0 bridgehead atoms. The van der Waals surface area contributed by atoms with Crippen LogP contribution < -0.4 is 9.47 Å². The predicted octanol–water partition coefficient (Wildman–Crippen LogP) is 7.52. The second-order valence-electron chi connectivity index (χ2n) is 6.12. The number of hydrogen-bond donors (Lipinski definition) is 0. The summed E-state index contributed by atoms with van der Waals surface area (Å²) in [7, 11) is 1.59. The van der Waals surface area contributed by atoms with Crippen LogP contribution in [-0.4, -0.2) is 7.11 Å². The molecule has 146 valence electrons. The highest BCUT2D eigenvalue weighted by Gasteiger charge is 2.11. The molecule has 0 aromatic heterocycles. The van der Waals surface area contributed by atoms with Gasteiger partial charge in [0.1, 0.15) is 6.61 Å². The maximum Gasteiger partial charge on any atom is 0.162 e. The van der Waals surface area contributed by atoms with Gasteiger partial charge in [-0.2, -0.15) is 5.26 Å². The van der Waals surface area contributed by atoms with E-state index >= 15 is 0 Å². The Morgan fingerprint density at radius 2 is 1.83 bits per heavy atom. The minimum Gasteiger partial charge on any atom is -0.493 e. The van der Waals surface area contributed by atoms with E-state index in [1.54, 1.807) is 7.11 Å². The maximum absolute atomic E-state index is 9.62. The Morgan fingerprint density at radius 3 is 2.48 bits per heavy atom. The Bertz CT molecular complexity index is 1090. The van der Waals surface area contributed by atoms with Crippen LogP contribution in [0.5, 0.6) is 11.5 Å². The first-order valence-electron chi connectivity index (χ1n) is 8.62. The molecule has 29 heavy (non-hydrogen) atoms. The lowest BCUT2D eigenvalue weighted by Crippen LogP contribution is -1.98. The van der Waals surface area contributed by atoms with E-state index in [1.165, 1.54) is 0 Å². The fourth-order valence-corrected chi connectivity index (χ4v) is 3.63. The van der Waals surface area contributed by atoms with Crippen LogP contribution in [0.4, 0.5) is 0 Å². The molecule has 0 radical (unpaired) electrons. The summed E-state index contributed by atoms with van der Waals surface area (Å²) in [5.41, 5.74) is 3.19. The van der Waals surface area contributed by atoms with Gasteiger partial charge in [0.15, 0.2) is 11.5 Å². The normalized spacial score (nSPS) is 11.1. The van der Waals surface area contributed by atoms with Crippen LogP contribution in [0.15, 0.2) is 69.6 Å². The Hall–Kier alpha value is -2.26. The van der Waals surface area contributed by atoms with Crippen molar-refractivity contribution in [1.29, 1.82) is 5.26 Å². The van der Waals surface area contributed by atoms with Gasteiger partial charge in [-0.1, -0.05) is 67.7 Å². The lowest BCUT2D eigenvalue weighted by molar-refractivity contribution is 0.284. The monoisotopic (exact) mass is 531 g/mol. The number of halogens is 3. The molecule has 6 heteroatoms. The van der Waals surface area contributed by atoms with Gasteiger partial charge in [0.05, 0.1) is 18.8 Å². The van der Waals surface area contributed by atoms with Crippen molar-refractivity contribution in [3.05, 3.63) is 91.3 Å². The van der Waals surface area contributed by atoms with E-state index in [9.17, 15) is 5.26 Å². The summed E-state index contributed by atoms with van der Waals surface area (Å²) < 4.78 is 13.1. The van der Waals surface area contributed by atoms with Gasteiger partial charge >= 0.3 is 0 Å². The summed E-state index contributed by atoms with van der Waals surface area (Å²) in [6.45, 7) is 0.386. The third kappa shape index (κ3) is 5.63. The highest BCUT2D eigenvalue weighted by Crippen LogP contribution is 2.36. The molecule has 0 atom stereocenters. The van der Waals surface area contributed by atoms with Gasteiger partial charge in [-0.25, -0.2) is 0 Å². The number of benzene rings is 3. The maximum atomic E-state index is 9.62. The van der Waals surface area contributed by atoms with Crippen LogP contribution in [0, 0.1) is 11.3 Å². The standard InChI is InChI=1S/C23H16Br2ClNO2/c1-28-22-11-17(9-18(13-27)16-3-2-4-19(24)10-16)21(25)12-23(22)29-14-15-5-7-20(26)8-6-15/h2-12H,14H2,1H3/b18-9+. The Balaban J connectivity index is 1.89. The van der Waals surface area contributed by atoms with Gasteiger partial charge in [0.2, 0.25) is 0 Å². The van der Waals surface area contributed by atoms with Crippen LogP contribution in [0.25, 0.3) is 11.6 Å². The molecule has 0 aliphatic carbocycles. The molecule has 0 fully saturated rings. The molecular formula is C23H16Br2ClNO2. The predicted molar refractivity (Wildman–Crippen MR) is 124 cm³/mol. The first kappa shape index (κ1) is 21.4. The SMILES string of the molecule is COc1cc(/C=C(\C#N)c2cccc(Br)c2)c(Br)cc1OCc1ccc(Cl)cc1. The molecule has 0 spiro atoms. The van der Waals surface area contributed by atoms with Crippen molar-refractivity contribution in [2.24, 2.45) is 0 Å². The average Bonchev–Trinajstić information content (AvgIpc) is 2.72. The van der Waals surface area contributed by atoms with Crippen molar-refractivity contribution in [1.82, 2.24) is 0 Å². The molecule has 0 heterocycles.